The summed E-state index contributed by atoms with van der Waals surface area (Å²) in [7, 11) is 227. The minimum absolute atomic E-state index is 0.487. The second-order valence-corrected chi connectivity index (χ2v) is 491. The first-order chi connectivity index (χ1) is 51.8. The summed E-state index contributed by atoms with van der Waals surface area (Å²) >= 11 is 0. The van der Waals surface area contributed by atoms with Crippen LogP contribution in [-0.2, 0) is 0 Å². The van der Waals surface area contributed by atoms with Crippen molar-refractivity contribution in [3.8, 4) is 0 Å². The Balaban J connectivity index is 16.0. The van der Waals surface area contributed by atoms with Crippen LogP contribution >= 0.6 is 909 Å². The van der Waals surface area contributed by atoms with Gasteiger partial charge >= 0.3 is 0 Å². The maximum atomic E-state index is 4.99. The highest BCUT2D eigenvalue weighted by atomic mass is 33.7. The summed E-state index contributed by atoms with van der Waals surface area (Å²) in [4.78, 5) is 0. The molecule has 0 saturated heterocycles. The molecule has 60 unspecified atom stereocenters. The van der Waals surface area contributed by atoms with Crippen molar-refractivity contribution < 1.29 is 0 Å². The van der Waals surface area contributed by atoms with Crippen molar-refractivity contribution in [2.24, 2.45) is 0 Å². The van der Waals surface area contributed by atoms with Gasteiger partial charge in [-0.05, 0) is 391 Å². The van der Waals surface area contributed by atoms with Crippen LogP contribution < -0.4 is 0 Å². The second-order valence-electron chi connectivity index (χ2n) is 18.2. The van der Waals surface area contributed by atoms with Crippen LogP contribution in [0, 0.1) is 0 Å². The Bertz CT molecular complexity index is 1970. The van der Waals surface area contributed by atoms with Gasteiger partial charge in [-0.15, -0.1) is 500 Å². The average molecular weight is 3650 g/mol. The van der Waals surface area contributed by atoms with Crippen molar-refractivity contribution in [2.45, 2.75) is 0 Å². The van der Waals surface area contributed by atoms with Crippen LogP contribution in [0.5, 0.6) is 0 Å². The Morgan fingerprint density at radius 2 is 0.123 bits per heavy atom. The molecule has 114 heavy (non-hydrogen) atoms. The van der Waals surface area contributed by atoms with Gasteiger partial charge in [0.1, 0.15) is 0 Å². The number of hydrogen-bond acceptors (Lipinski definition) is 0. The van der Waals surface area contributed by atoms with Crippen LogP contribution in [0.3, 0.4) is 0 Å². The summed E-state index contributed by atoms with van der Waals surface area (Å²) < 4.78 is 0. The minimum atomic E-state index is -0.787. The average Bonchev–Trinajstić information content (AvgIpc) is 0.703. The lowest BCUT2D eigenvalue weighted by Gasteiger charge is -2.65. The van der Waals surface area contributed by atoms with E-state index in [4.69, 9.17) is 17.9 Å². The Kier molecular flexibility index (Phi) is 128. The van der Waals surface area contributed by atoms with Crippen LogP contribution in [0.25, 0.3) is 0 Å². The lowest BCUT2D eigenvalue weighted by molar-refractivity contribution is 4.28. The minimum Gasteiger partial charge on any atom is -0.102 e. The fraction of sp³-hybridized carbons (Fsp3) is 0. The van der Waals surface area contributed by atoms with Crippen molar-refractivity contribution in [3.63, 3.8) is 0 Å². The molecule has 0 N–H and O–H groups in total. The third-order valence-corrected chi connectivity index (χ3v) is 820. The first-order valence-corrected chi connectivity index (χ1v) is 233. The van der Waals surface area contributed by atoms with E-state index >= 15 is 0 Å². The molecule has 684 valence electrons. The van der Waals surface area contributed by atoms with Gasteiger partial charge in [-0.25, -0.2) is 0 Å². The zero-order chi connectivity index (χ0) is 90.3. The van der Waals surface area contributed by atoms with E-state index in [1.807, 2.05) is 0 Å². The Morgan fingerprint density at radius 1 is 0.0702 bits per heavy atom. The molecule has 0 aliphatic rings. The molecular weight excluding hydrogens is 3530 g/mol. The zero-order valence-corrected chi connectivity index (χ0v) is 175. The molecule has 0 aliphatic carbocycles. The molecule has 114 heteroatoms. The molecule has 0 aromatic heterocycles. The Hall–Kier alpha value is 49.0. The topological polar surface area (TPSA) is 0 Å². The molecule has 0 saturated carbocycles. The normalized spacial score (nSPS) is 15.5. The van der Waals surface area contributed by atoms with E-state index in [2.05, 4.69) is 500 Å². The van der Waals surface area contributed by atoms with Gasteiger partial charge in [0.05, 0.1) is 0 Å². The predicted octanol–water partition coefficient (Wildman–Crippen LogP) is 67.7. The van der Waals surface area contributed by atoms with E-state index in [1.54, 1.807) is 0 Å². The number of hydrogen-bond donors (Lipinski definition) is 0. The predicted molar refractivity (Wildman–Crippen MR) is 948 cm³/mol. The molecule has 0 bridgehead atoms. The lowest BCUT2D eigenvalue weighted by Crippen LogP contribution is -1.78. The fourth-order valence-corrected chi connectivity index (χ4v) is 1720. The van der Waals surface area contributed by atoms with Gasteiger partial charge in [0.25, 0.3) is 0 Å². The van der Waals surface area contributed by atoms with Gasteiger partial charge in [0, 0.05) is 0 Å². The summed E-state index contributed by atoms with van der Waals surface area (Å²) in [5.74, 6) is 0. The van der Waals surface area contributed by atoms with E-state index in [-0.39, 0.29) is 0 Å². The molecule has 2 radical (unpaired) electrons. The summed E-state index contributed by atoms with van der Waals surface area (Å²) in [5.41, 5.74) is 0. The molecule has 0 heterocycles. The highest BCUT2D eigenvalue weighted by Gasteiger charge is 2.69. The monoisotopic (exact) mass is 3650 g/mol. The highest BCUT2D eigenvalue weighted by molar-refractivity contribution is 9.62. The van der Waals surface area contributed by atoms with Crippen LogP contribution in [0.4, 0.5) is 0 Å². The second kappa shape index (κ2) is 89.2. The largest absolute Gasteiger partial charge is 0.102 e. The van der Waals surface area contributed by atoms with Crippen LogP contribution in [-0.4, -0.2) is 0 Å². The van der Waals surface area contributed by atoms with Crippen LogP contribution in [0.1, 0.15) is 0 Å². The van der Waals surface area contributed by atoms with Crippen LogP contribution in [0.2, 0.25) is 0 Å². The molecule has 0 rings (SSSR count). The van der Waals surface area contributed by atoms with E-state index in [9.17, 15) is 0 Å². The maximum Gasteiger partial charge on any atom is -0.000000190 e. The lowest BCUT2D eigenvalue weighted by atomic mass is 28.3. The molecule has 0 spiro atoms. The molecule has 0 nitrogen and oxygen atoms in total. The van der Waals surface area contributed by atoms with E-state index in [0.29, 0.717) is 0 Å². The first kappa shape index (κ1) is 163. The van der Waals surface area contributed by atoms with Crippen molar-refractivity contribution in [2.75, 3.05) is 0 Å². The van der Waals surface area contributed by atoms with Gasteiger partial charge in [-0.2, -0.15) is 0 Å². The SMILES string of the molecule is [PH]P([PH])P(P(P)P)P(P(P)P)P(P(P(P)P)P(P)P)P(P(P(P(P(P)P)P(P)P)P(P(P)P)P(P)P)P(P(P(P)P)P(P)P)P(P(P)P)P(P)P)P(P(P(P(P(P)P)P(P)P)P(P(P)P)P(P)P)P(P(P(P)P)P(P)P)P(P(P)P)P(P)P)P(P(P(P(P)P)P(P)P)P(P(P)P)P(P)P)P(P(P(P)P)P(P)P)P(P(P)P)P(P)P. The molecular formula is H114P114. The fourth-order valence-electron chi connectivity index (χ4n) is 7.06. The van der Waals surface area contributed by atoms with Crippen molar-refractivity contribution in [1.29, 1.82) is 0 Å². The molecule has 60 atom stereocenters. The van der Waals surface area contributed by atoms with Gasteiger partial charge in [-0.1, -0.05) is 17.9 Å². The molecule has 0 aliphatic heterocycles. The van der Waals surface area contributed by atoms with E-state index < -0.39 is 391 Å². The van der Waals surface area contributed by atoms with Gasteiger partial charge in [0.15, 0.2) is 0 Å². The quantitative estimate of drug-likeness (QED) is 0.0533. The van der Waals surface area contributed by atoms with Crippen molar-refractivity contribution >= 4 is 909 Å². The van der Waals surface area contributed by atoms with Crippen molar-refractivity contribution in [1.82, 2.24) is 0 Å². The molecule has 0 fully saturated rings. The highest BCUT2D eigenvalue weighted by Crippen LogP contribution is 3.56. The van der Waals surface area contributed by atoms with Gasteiger partial charge in [-0.3, -0.25) is 0 Å². The van der Waals surface area contributed by atoms with Crippen molar-refractivity contribution in [3.05, 3.63) is 0 Å². The maximum absolute atomic E-state index is 4.99. The summed E-state index contributed by atoms with van der Waals surface area (Å²) in [6.07, 6.45) is 0. The van der Waals surface area contributed by atoms with Crippen LogP contribution in [0.15, 0.2) is 0 Å². The number of rotatable bonds is 55. The third kappa shape index (κ3) is 57.0. The molecule has 0 aromatic rings. The smallest absolute Gasteiger partial charge is 0.000000190 e. The van der Waals surface area contributed by atoms with Gasteiger partial charge in [0.2, 0.25) is 0 Å². The Labute approximate surface area is 894 Å². The summed E-state index contributed by atoms with van der Waals surface area (Å²) in [6, 6.07) is 0. The third-order valence-electron chi connectivity index (χ3n) is 10.1. The summed E-state index contributed by atoms with van der Waals surface area (Å²) in [6.45, 7) is -30.3. The molecule has 0 amide bonds. The van der Waals surface area contributed by atoms with E-state index in [0.717, 1.165) is 0 Å². The zero-order valence-electron chi connectivity index (χ0n) is 58.4. The molecule has 0 aromatic carbocycles. The van der Waals surface area contributed by atoms with Gasteiger partial charge < -0.3 is 0 Å². The van der Waals surface area contributed by atoms with E-state index in [1.165, 1.54) is 0 Å². The Morgan fingerprint density at radius 3 is 0.175 bits per heavy atom. The first-order valence-electron chi connectivity index (χ1n) is 25.9. The summed E-state index contributed by atoms with van der Waals surface area (Å²) in [5, 5.41) is 0. The standard InChI is InChI=1S/H114P114/c1-59(2)88(60(3)4)102(87(57)58)109(101(85(53)54)86(55)56)113(110(103(89(61(5)6)62(7)8)90(63(9)10)64(11)12)104(91(65(13)14)66(15)16)92(67(17)18)68(19)20)114(111(105(93(69(21)22)70(23)24)94(71(25)26)72(27)28)106(95(73(29)30)74(31)32)96(75(33)34)76(35)36)112(107(97(77(37)38)78(39)40)98(79(41)42)80(43)44)108(99(81(45)46)82(47)48)100(83(49)50)84(51)52/h1-2H,3-58H2.